The Morgan fingerprint density at radius 3 is 2.58 bits per heavy atom. The van der Waals surface area contributed by atoms with Gasteiger partial charge in [-0.1, -0.05) is 54.6 Å². The van der Waals surface area contributed by atoms with Gasteiger partial charge >= 0.3 is 0 Å². The molecule has 1 aromatic heterocycles. The number of nitrogens with zero attached hydrogens (tertiary/aromatic N) is 1. The number of aromatic amines is 1. The molecule has 1 N–H and O–H groups in total. The summed E-state index contributed by atoms with van der Waals surface area (Å²) in [7, 11) is 0. The molecule has 1 heterocycles. The van der Waals surface area contributed by atoms with Gasteiger partial charge in [0.2, 0.25) is 0 Å². The molecular weight excluding hydrogens is 232 g/mol. The summed E-state index contributed by atoms with van der Waals surface area (Å²) in [4.78, 5) is 7.36. The number of imidazole rings is 1. The van der Waals surface area contributed by atoms with Crippen molar-refractivity contribution in [1.82, 2.24) is 9.97 Å². The van der Waals surface area contributed by atoms with Crippen LogP contribution in [0.2, 0.25) is 0 Å². The molecule has 0 saturated carbocycles. The molecule has 0 aliphatic carbocycles. The molecule has 3 aromatic carbocycles. The van der Waals surface area contributed by atoms with Crippen molar-refractivity contribution in [3.63, 3.8) is 0 Å². The van der Waals surface area contributed by atoms with Gasteiger partial charge in [-0.05, 0) is 22.4 Å². The topological polar surface area (TPSA) is 28.7 Å². The Morgan fingerprint density at radius 2 is 1.58 bits per heavy atom. The van der Waals surface area contributed by atoms with Crippen LogP contribution in [-0.4, -0.2) is 9.97 Å². The Labute approximate surface area is 110 Å². The molecule has 0 aliphatic heterocycles. The zero-order valence-corrected chi connectivity index (χ0v) is 10.2. The van der Waals surface area contributed by atoms with E-state index in [9.17, 15) is 0 Å². The van der Waals surface area contributed by atoms with Crippen LogP contribution in [0.15, 0.2) is 60.7 Å². The lowest BCUT2D eigenvalue weighted by Gasteiger charge is -2.07. The van der Waals surface area contributed by atoms with Gasteiger partial charge in [-0.25, -0.2) is 4.98 Å². The first kappa shape index (κ1) is 10.3. The van der Waals surface area contributed by atoms with Crippen molar-refractivity contribution in [2.45, 2.75) is 0 Å². The third-order valence-corrected chi connectivity index (χ3v) is 3.47. The summed E-state index contributed by atoms with van der Waals surface area (Å²) in [5.74, 6) is 0. The second kappa shape index (κ2) is 3.95. The van der Waals surface area contributed by atoms with Crippen molar-refractivity contribution < 1.29 is 0 Å². The van der Waals surface area contributed by atoms with Crippen LogP contribution in [0.4, 0.5) is 0 Å². The van der Waals surface area contributed by atoms with Crippen molar-refractivity contribution in [3.8, 4) is 11.1 Å². The number of para-hydroxylation sites is 1. The van der Waals surface area contributed by atoms with Gasteiger partial charge in [-0.15, -0.1) is 0 Å². The van der Waals surface area contributed by atoms with Gasteiger partial charge < -0.3 is 4.98 Å². The number of H-pyrrole nitrogens is 1. The van der Waals surface area contributed by atoms with E-state index in [-0.39, 0.29) is 0 Å². The summed E-state index contributed by atoms with van der Waals surface area (Å²) in [5.41, 5.74) is 4.35. The Morgan fingerprint density at radius 1 is 0.789 bits per heavy atom. The average Bonchev–Trinajstić information content (AvgIpc) is 2.95. The minimum absolute atomic E-state index is 0.971. The van der Waals surface area contributed by atoms with Crippen LogP contribution in [0, 0.1) is 6.33 Å². The predicted molar refractivity (Wildman–Crippen MR) is 77.9 cm³/mol. The number of hydrogen-bond acceptors (Lipinski definition) is 1. The van der Waals surface area contributed by atoms with Gasteiger partial charge in [0.25, 0.3) is 0 Å². The van der Waals surface area contributed by atoms with Gasteiger partial charge in [0.15, 0.2) is 6.33 Å². The summed E-state index contributed by atoms with van der Waals surface area (Å²) >= 11 is 0. The summed E-state index contributed by atoms with van der Waals surface area (Å²) in [5, 5.41) is 2.50. The summed E-state index contributed by atoms with van der Waals surface area (Å²) in [6.45, 7) is 0. The van der Waals surface area contributed by atoms with Crippen LogP contribution in [0.3, 0.4) is 0 Å². The lowest BCUT2D eigenvalue weighted by atomic mass is 9.97. The van der Waals surface area contributed by atoms with Crippen molar-refractivity contribution in [2.24, 2.45) is 0 Å². The Hall–Kier alpha value is -2.61. The van der Waals surface area contributed by atoms with E-state index in [1.807, 2.05) is 12.1 Å². The highest BCUT2D eigenvalue weighted by molar-refractivity contribution is 6.03. The molecule has 4 rings (SSSR count). The smallest absolute Gasteiger partial charge is 0.174 e. The van der Waals surface area contributed by atoms with E-state index in [1.54, 1.807) is 0 Å². The van der Waals surface area contributed by atoms with Crippen molar-refractivity contribution >= 4 is 21.8 Å². The maximum absolute atomic E-state index is 4.32. The molecule has 0 spiro atoms. The SMILES string of the molecule is [c]1nc2c(-c3cccc4ccccc34)cccc2[nH]1. The van der Waals surface area contributed by atoms with E-state index in [2.05, 4.69) is 64.8 Å². The van der Waals surface area contributed by atoms with E-state index in [1.165, 1.54) is 16.3 Å². The molecular formula is C17H11N2. The lowest BCUT2D eigenvalue weighted by Crippen LogP contribution is -1.83. The van der Waals surface area contributed by atoms with Crippen LogP contribution in [0.5, 0.6) is 0 Å². The third-order valence-electron chi connectivity index (χ3n) is 3.47. The second-order valence-corrected chi connectivity index (χ2v) is 4.58. The average molecular weight is 243 g/mol. The van der Waals surface area contributed by atoms with Crippen LogP contribution in [-0.2, 0) is 0 Å². The highest BCUT2D eigenvalue weighted by Gasteiger charge is 2.08. The van der Waals surface area contributed by atoms with Gasteiger partial charge in [0.1, 0.15) is 0 Å². The fraction of sp³-hybridized carbons (Fsp3) is 0. The van der Waals surface area contributed by atoms with Crippen LogP contribution < -0.4 is 0 Å². The normalized spacial score (nSPS) is 11.2. The number of nitrogens with one attached hydrogen (secondary N) is 1. The molecule has 0 aliphatic rings. The van der Waals surface area contributed by atoms with Gasteiger partial charge in [-0.2, -0.15) is 0 Å². The van der Waals surface area contributed by atoms with Gasteiger partial charge in [0, 0.05) is 5.56 Å². The third kappa shape index (κ3) is 1.54. The predicted octanol–water partition coefficient (Wildman–Crippen LogP) is 4.18. The molecule has 0 saturated heterocycles. The number of benzene rings is 3. The van der Waals surface area contributed by atoms with E-state index in [0.29, 0.717) is 0 Å². The fourth-order valence-electron chi connectivity index (χ4n) is 2.59. The zero-order valence-electron chi connectivity index (χ0n) is 10.2. The largest absolute Gasteiger partial charge is 0.335 e. The lowest BCUT2D eigenvalue weighted by molar-refractivity contribution is 1.32. The molecule has 1 radical (unpaired) electrons. The molecule has 0 bridgehead atoms. The minimum atomic E-state index is 0.971. The first-order chi connectivity index (χ1) is 9.43. The monoisotopic (exact) mass is 243 g/mol. The first-order valence-corrected chi connectivity index (χ1v) is 6.26. The number of aromatic nitrogens is 2. The van der Waals surface area contributed by atoms with Crippen LogP contribution >= 0.6 is 0 Å². The van der Waals surface area contributed by atoms with Crippen molar-refractivity contribution in [2.75, 3.05) is 0 Å². The standard InChI is InChI=1S/C17H11N2/c1-2-7-13-12(5-1)6-3-8-14(13)15-9-4-10-16-17(15)19-11-18-16/h1-10H,(H,18,19). The molecule has 0 fully saturated rings. The van der Waals surface area contributed by atoms with E-state index >= 15 is 0 Å². The number of fused-ring (bicyclic) bond motifs is 2. The molecule has 0 atom stereocenters. The maximum atomic E-state index is 4.32. The van der Waals surface area contributed by atoms with Crippen LogP contribution in [0.25, 0.3) is 32.9 Å². The molecule has 19 heavy (non-hydrogen) atoms. The molecule has 4 aromatic rings. The van der Waals surface area contributed by atoms with Gasteiger partial charge in [-0.3, -0.25) is 0 Å². The molecule has 0 amide bonds. The summed E-state index contributed by atoms with van der Waals surface area (Å²) in [6.07, 6.45) is 2.82. The number of rotatable bonds is 1. The van der Waals surface area contributed by atoms with E-state index < -0.39 is 0 Å². The molecule has 2 nitrogen and oxygen atoms in total. The maximum Gasteiger partial charge on any atom is 0.174 e. The highest BCUT2D eigenvalue weighted by Crippen LogP contribution is 2.32. The summed E-state index contributed by atoms with van der Waals surface area (Å²) in [6, 6.07) is 21.0. The quantitative estimate of drug-likeness (QED) is 0.533. The Balaban J connectivity index is 2.12. The van der Waals surface area contributed by atoms with Gasteiger partial charge in [0.05, 0.1) is 11.0 Å². The minimum Gasteiger partial charge on any atom is -0.335 e. The Kier molecular flexibility index (Phi) is 2.15. The van der Waals surface area contributed by atoms with E-state index in [0.717, 1.165) is 16.6 Å². The van der Waals surface area contributed by atoms with E-state index in [4.69, 9.17) is 0 Å². The molecule has 89 valence electrons. The van der Waals surface area contributed by atoms with Crippen LogP contribution in [0.1, 0.15) is 0 Å². The van der Waals surface area contributed by atoms with Crippen molar-refractivity contribution in [1.29, 1.82) is 0 Å². The first-order valence-electron chi connectivity index (χ1n) is 6.26. The van der Waals surface area contributed by atoms with Crippen molar-refractivity contribution in [3.05, 3.63) is 67.0 Å². The second-order valence-electron chi connectivity index (χ2n) is 4.58. The molecule has 0 unspecified atom stereocenters. The fourth-order valence-corrected chi connectivity index (χ4v) is 2.59. The zero-order chi connectivity index (χ0) is 12.7. The summed E-state index contributed by atoms with van der Waals surface area (Å²) < 4.78 is 0. The highest BCUT2D eigenvalue weighted by atomic mass is 14.9. The Bertz CT molecular complexity index is 869. The molecule has 2 heteroatoms. The number of hydrogen-bond donors (Lipinski definition) is 1.